The maximum atomic E-state index is 5.49. The Bertz CT molecular complexity index is 439. The molecule has 4 heteroatoms. The predicted molar refractivity (Wildman–Crippen MR) is 58.9 cm³/mol. The molecule has 2 aromatic rings. The second kappa shape index (κ2) is 3.94. The highest BCUT2D eigenvalue weighted by atomic mass is 32.1. The van der Waals surface area contributed by atoms with Crippen molar-refractivity contribution in [1.82, 2.24) is 4.98 Å². The van der Waals surface area contributed by atoms with Gasteiger partial charge in [-0.2, -0.15) is 0 Å². The lowest BCUT2D eigenvalue weighted by Crippen LogP contribution is -2.01. The Morgan fingerprint density at radius 3 is 3.07 bits per heavy atom. The Kier molecular flexibility index (Phi) is 2.65. The average Bonchev–Trinajstić information content (AvgIpc) is 2.60. The van der Waals surface area contributed by atoms with Gasteiger partial charge in [0.1, 0.15) is 11.3 Å². The van der Waals surface area contributed by atoms with Gasteiger partial charge < -0.3 is 10.5 Å². The number of thiazole rings is 1. The molecule has 1 aromatic heterocycles. The standard InChI is InChI=1S/C10H12N2OS/c1-13-7-3-2-4-8-10(7)12-9(14-8)5-6-11/h2-4H,5-6,11H2,1H3. The van der Waals surface area contributed by atoms with Gasteiger partial charge in [-0.05, 0) is 18.7 Å². The maximum absolute atomic E-state index is 5.49. The van der Waals surface area contributed by atoms with Crippen LogP contribution in [0.5, 0.6) is 5.75 Å². The summed E-state index contributed by atoms with van der Waals surface area (Å²) in [4.78, 5) is 4.49. The number of benzene rings is 1. The molecule has 0 atom stereocenters. The van der Waals surface area contributed by atoms with Gasteiger partial charge in [-0.3, -0.25) is 0 Å². The predicted octanol–water partition coefficient (Wildman–Crippen LogP) is 1.81. The molecule has 0 bridgehead atoms. The van der Waals surface area contributed by atoms with Crippen LogP contribution in [0.1, 0.15) is 5.01 Å². The van der Waals surface area contributed by atoms with Crippen molar-refractivity contribution in [2.24, 2.45) is 5.73 Å². The lowest BCUT2D eigenvalue weighted by atomic mass is 10.3. The van der Waals surface area contributed by atoms with Gasteiger partial charge in [-0.15, -0.1) is 11.3 Å². The first-order valence-corrected chi connectivity index (χ1v) is 5.29. The summed E-state index contributed by atoms with van der Waals surface area (Å²) in [7, 11) is 1.66. The molecule has 0 amide bonds. The van der Waals surface area contributed by atoms with Crippen LogP contribution in [0.15, 0.2) is 18.2 Å². The third-order valence-corrected chi connectivity index (χ3v) is 3.08. The minimum Gasteiger partial charge on any atom is -0.494 e. The SMILES string of the molecule is COc1cccc2sc(CCN)nc12. The molecule has 14 heavy (non-hydrogen) atoms. The van der Waals surface area contributed by atoms with Crippen LogP contribution in [0.25, 0.3) is 10.2 Å². The molecule has 0 radical (unpaired) electrons. The molecule has 1 heterocycles. The van der Waals surface area contributed by atoms with Crippen molar-refractivity contribution in [3.05, 3.63) is 23.2 Å². The number of ether oxygens (including phenoxy) is 1. The van der Waals surface area contributed by atoms with Gasteiger partial charge in [-0.25, -0.2) is 4.98 Å². The highest BCUT2D eigenvalue weighted by Crippen LogP contribution is 2.29. The Morgan fingerprint density at radius 1 is 1.50 bits per heavy atom. The van der Waals surface area contributed by atoms with Crippen molar-refractivity contribution >= 4 is 21.6 Å². The third-order valence-electron chi connectivity index (χ3n) is 2.00. The van der Waals surface area contributed by atoms with Crippen LogP contribution >= 0.6 is 11.3 Å². The first-order valence-electron chi connectivity index (χ1n) is 4.47. The van der Waals surface area contributed by atoms with Crippen molar-refractivity contribution in [3.8, 4) is 5.75 Å². The second-order valence-corrected chi connectivity index (χ2v) is 4.07. The summed E-state index contributed by atoms with van der Waals surface area (Å²) in [5, 5.41) is 1.08. The highest BCUT2D eigenvalue weighted by Gasteiger charge is 2.07. The van der Waals surface area contributed by atoms with E-state index < -0.39 is 0 Å². The zero-order valence-electron chi connectivity index (χ0n) is 7.99. The zero-order valence-corrected chi connectivity index (χ0v) is 8.80. The number of para-hydroxylation sites is 1. The van der Waals surface area contributed by atoms with Crippen molar-refractivity contribution in [1.29, 1.82) is 0 Å². The number of nitrogens with two attached hydrogens (primary N) is 1. The van der Waals surface area contributed by atoms with Gasteiger partial charge in [0.15, 0.2) is 0 Å². The first-order chi connectivity index (χ1) is 6.85. The molecule has 0 unspecified atom stereocenters. The topological polar surface area (TPSA) is 48.1 Å². The van der Waals surface area contributed by atoms with Crippen molar-refractivity contribution in [3.63, 3.8) is 0 Å². The maximum Gasteiger partial charge on any atom is 0.145 e. The van der Waals surface area contributed by atoms with Crippen LogP contribution in [0.3, 0.4) is 0 Å². The molecular weight excluding hydrogens is 196 g/mol. The lowest BCUT2D eigenvalue weighted by Gasteiger charge is -1.97. The molecule has 0 fully saturated rings. The van der Waals surface area contributed by atoms with E-state index in [1.165, 1.54) is 0 Å². The van der Waals surface area contributed by atoms with E-state index in [1.54, 1.807) is 18.4 Å². The minimum absolute atomic E-state index is 0.641. The lowest BCUT2D eigenvalue weighted by molar-refractivity contribution is 0.419. The van der Waals surface area contributed by atoms with Crippen molar-refractivity contribution in [2.45, 2.75) is 6.42 Å². The van der Waals surface area contributed by atoms with Crippen LogP contribution in [-0.4, -0.2) is 18.6 Å². The van der Waals surface area contributed by atoms with E-state index in [0.717, 1.165) is 27.4 Å². The number of fused-ring (bicyclic) bond motifs is 1. The molecule has 0 spiro atoms. The summed E-state index contributed by atoms with van der Waals surface area (Å²) in [5.41, 5.74) is 6.44. The number of hydrogen-bond acceptors (Lipinski definition) is 4. The number of methoxy groups -OCH3 is 1. The monoisotopic (exact) mass is 208 g/mol. The van der Waals surface area contributed by atoms with Gasteiger partial charge in [0.2, 0.25) is 0 Å². The fourth-order valence-electron chi connectivity index (χ4n) is 1.36. The molecule has 0 saturated heterocycles. The molecular formula is C10H12N2OS. The molecule has 2 rings (SSSR count). The molecule has 0 saturated carbocycles. The van der Waals surface area contributed by atoms with Crippen LogP contribution in [-0.2, 0) is 6.42 Å². The Hall–Kier alpha value is -1.13. The van der Waals surface area contributed by atoms with Crippen LogP contribution in [0.4, 0.5) is 0 Å². The zero-order chi connectivity index (χ0) is 9.97. The average molecular weight is 208 g/mol. The molecule has 0 aliphatic rings. The molecule has 3 nitrogen and oxygen atoms in total. The van der Waals surface area contributed by atoms with E-state index in [9.17, 15) is 0 Å². The van der Waals surface area contributed by atoms with E-state index in [-0.39, 0.29) is 0 Å². The van der Waals surface area contributed by atoms with Gasteiger partial charge >= 0.3 is 0 Å². The highest BCUT2D eigenvalue weighted by molar-refractivity contribution is 7.18. The Labute approximate surface area is 86.5 Å². The first kappa shape index (κ1) is 9.43. The summed E-state index contributed by atoms with van der Waals surface area (Å²) in [6, 6.07) is 5.95. The van der Waals surface area contributed by atoms with E-state index >= 15 is 0 Å². The second-order valence-electron chi connectivity index (χ2n) is 2.95. The normalized spacial score (nSPS) is 10.7. The molecule has 2 N–H and O–H groups in total. The van der Waals surface area contributed by atoms with Crippen LogP contribution in [0, 0.1) is 0 Å². The summed E-state index contributed by atoms with van der Waals surface area (Å²) in [5.74, 6) is 0.835. The van der Waals surface area contributed by atoms with Crippen molar-refractivity contribution < 1.29 is 4.74 Å². The largest absolute Gasteiger partial charge is 0.494 e. The number of aromatic nitrogens is 1. The third kappa shape index (κ3) is 1.58. The van der Waals surface area contributed by atoms with E-state index in [0.29, 0.717) is 6.54 Å². The fourth-order valence-corrected chi connectivity index (χ4v) is 2.36. The molecule has 1 aromatic carbocycles. The number of hydrogen-bond donors (Lipinski definition) is 1. The van der Waals surface area contributed by atoms with E-state index in [4.69, 9.17) is 10.5 Å². The van der Waals surface area contributed by atoms with E-state index in [2.05, 4.69) is 11.1 Å². The number of nitrogens with zero attached hydrogens (tertiary/aromatic N) is 1. The van der Waals surface area contributed by atoms with Gasteiger partial charge in [0.25, 0.3) is 0 Å². The Morgan fingerprint density at radius 2 is 2.36 bits per heavy atom. The van der Waals surface area contributed by atoms with Crippen LogP contribution < -0.4 is 10.5 Å². The molecule has 0 aliphatic heterocycles. The van der Waals surface area contributed by atoms with Crippen LogP contribution in [0.2, 0.25) is 0 Å². The van der Waals surface area contributed by atoms with Gasteiger partial charge in [0, 0.05) is 6.42 Å². The van der Waals surface area contributed by atoms with Gasteiger partial charge in [-0.1, -0.05) is 6.07 Å². The number of rotatable bonds is 3. The van der Waals surface area contributed by atoms with Crippen molar-refractivity contribution in [2.75, 3.05) is 13.7 Å². The van der Waals surface area contributed by atoms with E-state index in [1.807, 2.05) is 12.1 Å². The summed E-state index contributed by atoms with van der Waals surface area (Å²) >= 11 is 1.68. The molecule has 0 aliphatic carbocycles. The minimum atomic E-state index is 0.641. The summed E-state index contributed by atoms with van der Waals surface area (Å²) in [6.07, 6.45) is 0.836. The quantitative estimate of drug-likeness (QED) is 0.836. The fraction of sp³-hybridized carbons (Fsp3) is 0.300. The molecule has 74 valence electrons. The smallest absolute Gasteiger partial charge is 0.145 e. The summed E-state index contributed by atoms with van der Waals surface area (Å²) < 4.78 is 6.39. The summed E-state index contributed by atoms with van der Waals surface area (Å²) in [6.45, 7) is 0.641. The Balaban J connectivity index is 2.52. The van der Waals surface area contributed by atoms with Gasteiger partial charge in [0.05, 0.1) is 16.8 Å².